The van der Waals surface area contributed by atoms with Crippen molar-refractivity contribution in [3.63, 3.8) is 0 Å². The van der Waals surface area contributed by atoms with Crippen molar-refractivity contribution in [3.05, 3.63) is 88.5 Å². The van der Waals surface area contributed by atoms with Gasteiger partial charge in [0.05, 0.1) is 5.56 Å². The predicted molar refractivity (Wildman–Crippen MR) is 144 cm³/mol. The number of benzene rings is 3. The first-order chi connectivity index (χ1) is 18.7. The van der Waals surface area contributed by atoms with Crippen LogP contribution in [-0.2, 0) is 17.5 Å². The van der Waals surface area contributed by atoms with Crippen LogP contribution in [0.5, 0.6) is 5.75 Å². The Labute approximate surface area is 225 Å². The Morgan fingerprint density at radius 3 is 2.49 bits per heavy atom. The van der Waals surface area contributed by atoms with E-state index >= 15 is 0 Å². The van der Waals surface area contributed by atoms with Crippen molar-refractivity contribution in [2.24, 2.45) is 0 Å². The summed E-state index contributed by atoms with van der Waals surface area (Å²) in [6.07, 6.45) is 0.273. The van der Waals surface area contributed by atoms with E-state index in [4.69, 9.17) is 4.74 Å². The second-order valence-corrected chi connectivity index (χ2v) is 9.62. The highest BCUT2D eigenvalue weighted by molar-refractivity contribution is 5.78. The van der Waals surface area contributed by atoms with Crippen molar-refractivity contribution in [1.82, 2.24) is 4.90 Å². The van der Waals surface area contributed by atoms with Gasteiger partial charge in [0, 0.05) is 12.1 Å². The zero-order valence-electron chi connectivity index (χ0n) is 21.7. The van der Waals surface area contributed by atoms with Crippen LogP contribution in [0, 0.1) is 6.92 Å². The van der Waals surface area contributed by atoms with Gasteiger partial charge in [-0.25, -0.2) is 4.39 Å². The van der Waals surface area contributed by atoms with Crippen molar-refractivity contribution >= 4 is 18.1 Å². The van der Waals surface area contributed by atoms with E-state index < -0.39 is 30.4 Å². The Morgan fingerprint density at radius 1 is 1.05 bits per heavy atom. The molecule has 0 spiro atoms. The first-order valence-electron chi connectivity index (χ1n) is 12.9. The van der Waals surface area contributed by atoms with Gasteiger partial charge in [-0.3, -0.25) is 9.69 Å². The van der Waals surface area contributed by atoms with Crippen LogP contribution in [0.15, 0.2) is 60.7 Å². The lowest BCUT2D eigenvalue weighted by Crippen LogP contribution is -2.44. The summed E-state index contributed by atoms with van der Waals surface area (Å²) in [6, 6.07) is 16.9. The van der Waals surface area contributed by atoms with Crippen LogP contribution in [0.3, 0.4) is 0 Å². The van der Waals surface area contributed by atoms with Gasteiger partial charge in [0.15, 0.2) is 0 Å². The van der Waals surface area contributed by atoms with Crippen molar-refractivity contribution in [3.8, 4) is 16.9 Å². The number of rotatable bonds is 9. The number of halogens is 4. The van der Waals surface area contributed by atoms with Gasteiger partial charge in [0.1, 0.15) is 25.1 Å². The van der Waals surface area contributed by atoms with E-state index in [2.05, 4.69) is 0 Å². The Kier molecular flexibility index (Phi) is 9.07. The number of hydrogen-bond acceptors (Lipinski definition) is 3. The van der Waals surface area contributed by atoms with Gasteiger partial charge in [0.2, 0.25) is 0 Å². The zero-order valence-corrected chi connectivity index (χ0v) is 21.7. The number of nitrogens with zero attached hydrogens (tertiary/aromatic N) is 1. The number of likely N-dealkylation sites (tertiary alicyclic amines) is 1. The van der Waals surface area contributed by atoms with E-state index in [1.165, 1.54) is 12.1 Å². The standard InChI is InChI=1S/C31H31F4NO3/c1-21-22(10-7-11-26(21)23-8-3-2-4-9-23)13-14-24-19-29(39-17-15-32)25(18-27(24)31(33,34)35)20-36-16-6-5-12-28(36)30(37)38/h2-4,7-11,13-14,18-19,28H,5-6,12,15-17,20H2,1H3,(H,37,38)/b14-13+. The van der Waals surface area contributed by atoms with Crippen molar-refractivity contribution in [2.75, 3.05) is 19.8 Å². The number of hydrogen-bond donors (Lipinski definition) is 1. The van der Waals surface area contributed by atoms with E-state index in [0.29, 0.717) is 13.0 Å². The average molecular weight is 542 g/mol. The Balaban J connectivity index is 1.74. The normalized spacial score (nSPS) is 16.5. The summed E-state index contributed by atoms with van der Waals surface area (Å²) in [5.74, 6) is -0.894. The second-order valence-electron chi connectivity index (χ2n) is 9.62. The maximum atomic E-state index is 14.2. The van der Waals surface area contributed by atoms with Crippen LogP contribution in [-0.4, -0.2) is 41.8 Å². The maximum Gasteiger partial charge on any atom is 0.417 e. The highest BCUT2D eigenvalue weighted by Crippen LogP contribution is 2.38. The van der Waals surface area contributed by atoms with Crippen molar-refractivity contribution in [1.29, 1.82) is 0 Å². The van der Waals surface area contributed by atoms with Gasteiger partial charge in [-0.05, 0) is 66.3 Å². The average Bonchev–Trinajstić information content (AvgIpc) is 2.92. The van der Waals surface area contributed by atoms with Crippen LogP contribution < -0.4 is 4.74 Å². The Morgan fingerprint density at radius 2 is 1.79 bits per heavy atom. The SMILES string of the molecule is Cc1c(/C=C/c2cc(OCCF)c(CN3CCCCC3C(=O)O)cc2C(F)(F)F)cccc1-c1ccccc1. The molecule has 0 amide bonds. The molecule has 8 heteroatoms. The van der Waals surface area contributed by atoms with Gasteiger partial charge in [-0.2, -0.15) is 13.2 Å². The minimum absolute atomic E-state index is 0.0378. The molecule has 3 aromatic rings. The summed E-state index contributed by atoms with van der Waals surface area (Å²) in [5, 5.41) is 9.61. The molecule has 1 unspecified atom stereocenters. The number of alkyl halides is 4. The third kappa shape index (κ3) is 6.87. The van der Waals surface area contributed by atoms with Gasteiger partial charge in [-0.15, -0.1) is 0 Å². The van der Waals surface area contributed by atoms with Gasteiger partial charge < -0.3 is 9.84 Å². The molecule has 1 heterocycles. The topological polar surface area (TPSA) is 49.8 Å². The summed E-state index contributed by atoms with van der Waals surface area (Å²) >= 11 is 0. The fraction of sp³-hybridized carbons (Fsp3) is 0.323. The Hall–Kier alpha value is -3.65. The smallest absolute Gasteiger partial charge is 0.417 e. The molecule has 1 aliphatic heterocycles. The molecular weight excluding hydrogens is 510 g/mol. The van der Waals surface area contributed by atoms with Crippen LogP contribution in [0.4, 0.5) is 17.6 Å². The number of piperidine rings is 1. The third-order valence-electron chi connectivity index (χ3n) is 7.05. The summed E-state index contributed by atoms with van der Waals surface area (Å²) in [5.41, 5.74) is 2.88. The molecule has 1 atom stereocenters. The molecule has 0 bridgehead atoms. The molecule has 39 heavy (non-hydrogen) atoms. The Bertz CT molecular complexity index is 1320. The highest BCUT2D eigenvalue weighted by atomic mass is 19.4. The van der Waals surface area contributed by atoms with E-state index in [9.17, 15) is 27.5 Å². The lowest BCUT2D eigenvalue weighted by atomic mass is 9.95. The second kappa shape index (κ2) is 12.5. The molecule has 1 N–H and O–H groups in total. The largest absolute Gasteiger partial charge is 0.491 e. The molecule has 0 saturated carbocycles. The van der Waals surface area contributed by atoms with Crippen molar-refractivity contribution in [2.45, 2.75) is 44.9 Å². The number of carbonyl (C=O) groups is 1. The maximum absolute atomic E-state index is 14.2. The molecule has 1 fully saturated rings. The molecule has 1 aliphatic rings. The summed E-state index contributed by atoms with van der Waals surface area (Å²) in [4.78, 5) is 13.4. The predicted octanol–water partition coefficient (Wildman–Crippen LogP) is 7.64. The molecule has 0 aromatic heterocycles. The molecule has 206 valence electrons. The number of carboxylic acid groups (broad SMARTS) is 1. The van der Waals surface area contributed by atoms with Crippen LogP contribution in [0.2, 0.25) is 0 Å². The van der Waals surface area contributed by atoms with Gasteiger partial charge in [0.25, 0.3) is 0 Å². The highest BCUT2D eigenvalue weighted by Gasteiger charge is 2.35. The lowest BCUT2D eigenvalue weighted by Gasteiger charge is -2.33. The quantitative estimate of drug-likeness (QED) is 0.223. The zero-order chi connectivity index (χ0) is 28.0. The summed E-state index contributed by atoms with van der Waals surface area (Å²) in [7, 11) is 0. The molecule has 0 radical (unpaired) electrons. The first kappa shape index (κ1) is 28.4. The number of ether oxygens (including phenoxy) is 1. The minimum Gasteiger partial charge on any atom is -0.491 e. The van der Waals surface area contributed by atoms with E-state index in [0.717, 1.165) is 41.2 Å². The first-order valence-corrected chi connectivity index (χ1v) is 12.9. The number of aliphatic carboxylic acids is 1. The van der Waals surface area contributed by atoms with Crippen LogP contribution in [0.1, 0.15) is 47.1 Å². The van der Waals surface area contributed by atoms with E-state index in [1.807, 2.05) is 55.5 Å². The molecule has 1 saturated heterocycles. The molecular formula is C31H31F4NO3. The van der Waals surface area contributed by atoms with Crippen LogP contribution >= 0.6 is 0 Å². The van der Waals surface area contributed by atoms with Crippen molar-refractivity contribution < 1.29 is 32.2 Å². The summed E-state index contributed by atoms with van der Waals surface area (Å²) in [6.45, 7) is 1.20. The number of carboxylic acids is 1. The molecule has 0 aliphatic carbocycles. The molecule has 4 nitrogen and oxygen atoms in total. The van der Waals surface area contributed by atoms with E-state index in [1.54, 1.807) is 11.0 Å². The lowest BCUT2D eigenvalue weighted by molar-refractivity contribution is -0.145. The van der Waals surface area contributed by atoms with Crippen LogP contribution in [0.25, 0.3) is 23.3 Å². The monoisotopic (exact) mass is 541 g/mol. The van der Waals surface area contributed by atoms with Gasteiger partial charge in [-0.1, -0.05) is 67.1 Å². The molecule has 4 rings (SSSR count). The van der Waals surface area contributed by atoms with E-state index in [-0.39, 0.29) is 30.0 Å². The van der Waals surface area contributed by atoms with Gasteiger partial charge >= 0.3 is 12.1 Å². The fourth-order valence-electron chi connectivity index (χ4n) is 5.05. The molecule has 3 aromatic carbocycles. The summed E-state index contributed by atoms with van der Waals surface area (Å²) < 4.78 is 61.3. The fourth-order valence-corrected chi connectivity index (χ4v) is 5.05. The third-order valence-corrected chi connectivity index (χ3v) is 7.05. The minimum atomic E-state index is -4.66.